The first-order valence-corrected chi connectivity index (χ1v) is 8.70. The number of nitrogens with zero attached hydrogens (tertiary/aromatic N) is 1. The SMILES string of the molecule is COCCn1ccc2cc(NC(=O)C(C)Cc3cccc(F)c3)ccc21. The Morgan fingerprint density at radius 1 is 1.23 bits per heavy atom. The lowest BCUT2D eigenvalue weighted by atomic mass is 10.00. The van der Waals surface area contributed by atoms with Crippen molar-refractivity contribution in [3.05, 3.63) is 66.1 Å². The van der Waals surface area contributed by atoms with Gasteiger partial charge in [0.15, 0.2) is 0 Å². The van der Waals surface area contributed by atoms with E-state index in [1.807, 2.05) is 43.5 Å². The zero-order valence-electron chi connectivity index (χ0n) is 15.0. The minimum Gasteiger partial charge on any atom is -0.383 e. The molecule has 1 amide bonds. The van der Waals surface area contributed by atoms with E-state index in [1.54, 1.807) is 13.2 Å². The third-order valence-corrected chi connectivity index (χ3v) is 4.45. The fourth-order valence-electron chi connectivity index (χ4n) is 3.04. The van der Waals surface area contributed by atoms with E-state index < -0.39 is 0 Å². The third-order valence-electron chi connectivity index (χ3n) is 4.45. The molecule has 0 aliphatic rings. The molecule has 1 aromatic heterocycles. The number of amides is 1. The first kappa shape index (κ1) is 18.1. The number of nitrogens with one attached hydrogen (secondary N) is 1. The van der Waals surface area contributed by atoms with Crippen LogP contribution in [-0.2, 0) is 22.5 Å². The summed E-state index contributed by atoms with van der Waals surface area (Å²) in [5.74, 6) is -0.607. The highest BCUT2D eigenvalue weighted by Crippen LogP contribution is 2.21. The van der Waals surface area contributed by atoms with Gasteiger partial charge in [0.2, 0.25) is 5.91 Å². The van der Waals surface area contributed by atoms with Crippen LogP contribution in [0.4, 0.5) is 10.1 Å². The lowest BCUT2D eigenvalue weighted by Crippen LogP contribution is -2.22. The second-order valence-corrected chi connectivity index (χ2v) is 6.50. The quantitative estimate of drug-likeness (QED) is 0.689. The minimum atomic E-state index is -0.279. The number of fused-ring (bicyclic) bond motifs is 1. The molecule has 0 saturated carbocycles. The van der Waals surface area contributed by atoms with Crippen LogP contribution in [0.5, 0.6) is 0 Å². The van der Waals surface area contributed by atoms with Crippen molar-refractivity contribution in [3.63, 3.8) is 0 Å². The predicted octanol–water partition coefficient (Wildman–Crippen LogP) is 4.24. The summed E-state index contributed by atoms with van der Waals surface area (Å²) in [6, 6.07) is 14.3. The Hall–Kier alpha value is -2.66. The fraction of sp³-hybridized carbons (Fsp3) is 0.286. The summed E-state index contributed by atoms with van der Waals surface area (Å²) in [5, 5.41) is 4.02. The van der Waals surface area contributed by atoms with E-state index in [1.165, 1.54) is 12.1 Å². The molecule has 0 spiro atoms. The van der Waals surface area contributed by atoms with Crippen molar-refractivity contribution < 1.29 is 13.9 Å². The van der Waals surface area contributed by atoms with E-state index in [4.69, 9.17) is 4.74 Å². The molecule has 0 radical (unpaired) electrons. The van der Waals surface area contributed by atoms with Gasteiger partial charge in [0, 0.05) is 42.4 Å². The van der Waals surface area contributed by atoms with E-state index in [-0.39, 0.29) is 17.6 Å². The number of aromatic nitrogens is 1. The molecule has 0 aliphatic carbocycles. The van der Waals surface area contributed by atoms with Gasteiger partial charge >= 0.3 is 0 Å². The van der Waals surface area contributed by atoms with Gasteiger partial charge in [-0.05, 0) is 48.4 Å². The first-order valence-electron chi connectivity index (χ1n) is 8.70. The normalized spacial score (nSPS) is 12.3. The van der Waals surface area contributed by atoms with Gasteiger partial charge in [0.25, 0.3) is 0 Å². The number of carbonyl (C=O) groups excluding carboxylic acids is 1. The average molecular weight is 354 g/mol. The van der Waals surface area contributed by atoms with Crippen LogP contribution in [0.15, 0.2) is 54.7 Å². The van der Waals surface area contributed by atoms with Crippen molar-refractivity contribution in [3.8, 4) is 0 Å². The Bertz CT molecular complexity index is 904. The van der Waals surface area contributed by atoms with Crippen LogP contribution >= 0.6 is 0 Å². The lowest BCUT2D eigenvalue weighted by molar-refractivity contribution is -0.119. The van der Waals surface area contributed by atoms with Crippen LogP contribution in [0.25, 0.3) is 10.9 Å². The Morgan fingerprint density at radius 3 is 2.85 bits per heavy atom. The molecule has 0 fully saturated rings. The van der Waals surface area contributed by atoms with Crippen molar-refractivity contribution in [1.29, 1.82) is 0 Å². The van der Waals surface area contributed by atoms with Gasteiger partial charge in [0.05, 0.1) is 6.61 Å². The smallest absolute Gasteiger partial charge is 0.227 e. The molecule has 2 aromatic carbocycles. The molecule has 26 heavy (non-hydrogen) atoms. The second kappa shape index (κ2) is 8.15. The highest BCUT2D eigenvalue weighted by molar-refractivity contribution is 5.95. The number of methoxy groups -OCH3 is 1. The summed E-state index contributed by atoms with van der Waals surface area (Å²) >= 11 is 0. The molecule has 3 rings (SSSR count). The number of rotatable bonds is 7. The number of hydrogen-bond acceptors (Lipinski definition) is 2. The monoisotopic (exact) mass is 354 g/mol. The van der Waals surface area contributed by atoms with Crippen LogP contribution < -0.4 is 5.32 Å². The average Bonchev–Trinajstić information content (AvgIpc) is 3.02. The molecular weight excluding hydrogens is 331 g/mol. The molecule has 0 bridgehead atoms. The maximum Gasteiger partial charge on any atom is 0.227 e. The van der Waals surface area contributed by atoms with Gasteiger partial charge in [-0.3, -0.25) is 4.79 Å². The third kappa shape index (κ3) is 4.29. The van der Waals surface area contributed by atoms with Crippen molar-refractivity contribution in [2.45, 2.75) is 19.9 Å². The van der Waals surface area contributed by atoms with Gasteiger partial charge in [0.1, 0.15) is 5.82 Å². The number of anilines is 1. The van der Waals surface area contributed by atoms with Gasteiger partial charge in [-0.15, -0.1) is 0 Å². The molecule has 1 heterocycles. The van der Waals surface area contributed by atoms with Crippen LogP contribution in [0.3, 0.4) is 0 Å². The molecule has 1 N–H and O–H groups in total. The minimum absolute atomic E-state index is 0.0765. The maximum atomic E-state index is 13.3. The molecule has 5 heteroatoms. The topological polar surface area (TPSA) is 43.3 Å². The zero-order chi connectivity index (χ0) is 18.5. The molecule has 1 atom stereocenters. The molecular formula is C21H23FN2O2. The molecule has 3 aromatic rings. The Morgan fingerprint density at radius 2 is 2.08 bits per heavy atom. The van der Waals surface area contributed by atoms with E-state index in [9.17, 15) is 9.18 Å². The van der Waals surface area contributed by atoms with E-state index >= 15 is 0 Å². The largest absolute Gasteiger partial charge is 0.383 e. The second-order valence-electron chi connectivity index (χ2n) is 6.50. The van der Waals surface area contributed by atoms with Gasteiger partial charge < -0.3 is 14.6 Å². The van der Waals surface area contributed by atoms with Gasteiger partial charge in [-0.1, -0.05) is 19.1 Å². The maximum absolute atomic E-state index is 13.3. The van der Waals surface area contributed by atoms with Gasteiger partial charge in [-0.25, -0.2) is 4.39 Å². The number of hydrogen-bond donors (Lipinski definition) is 1. The number of carbonyl (C=O) groups is 1. The highest BCUT2D eigenvalue weighted by Gasteiger charge is 2.14. The van der Waals surface area contributed by atoms with Crippen molar-refractivity contribution in [1.82, 2.24) is 4.57 Å². The van der Waals surface area contributed by atoms with Crippen LogP contribution in [0, 0.1) is 11.7 Å². The summed E-state index contributed by atoms with van der Waals surface area (Å²) in [5.41, 5.74) is 2.68. The van der Waals surface area contributed by atoms with Crippen LogP contribution in [0.1, 0.15) is 12.5 Å². The number of benzene rings is 2. The van der Waals surface area contributed by atoms with E-state index in [2.05, 4.69) is 9.88 Å². The van der Waals surface area contributed by atoms with E-state index in [0.717, 1.165) is 28.7 Å². The van der Waals surface area contributed by atoms with Crippen LogP contribution in [-0.4, -0.2) is 24.2 Å². The first-order chi connectivity index (χ1) is 12.6. The Balaban J connectivity index is 1.66. The number of ether oxygens (including phenoxy) is 1. The summed E-state index contributed by atoms with van der Waals surface area (Å²) < 4.78 is 20.5. The van der Waals surface area contributed by atoms with Crippen LogP contribution in [0.2, 0.25) is 0 Å². The van der Waals surface area contributed by atoms with Crippen molar-refractivity contribution >= 4 is 22.5 Å². The Labute approximate surface area is 152 Å². The molecule has 4 nitrogen and oxygen atoms in total. The molecule has 0 saturated heterocycles. The van der Waals surface area contributed by atoms with Crippen molar-refractivity contribution in [2.75, 3.05) is 19.0 Å². The standard InChI is InChI=1S/C21H23FN2O2/c1-15(12-16-4-3-5-18(22)13-16)21(25)23-19-6-7-20-17(14-19)8-9-24(20)10-11-26-2/h3-9,13-15H,10-12H2,1-2H3,(H,23,25). The van der Waals surface area contributed by atoms with Crippen molar-refractivity contribution in [2.24, 2.45) is 5.92 Å². The summed E-state index contributed by atoms with van der Waals surface area (Å²) in [4.78, 5) is 12.5. The molecule has 0 aliphatic heterocycles. The van der Waals surface area contributed by atoms with Gasteiger partial charge in [-0.2, -0.15) is 0 Å². The molecule has 1 unspecified atom stereocenters. The predicted molar refractivity (Wildman–Crippen MR) is 102 cm³/mol. The summed E-state index contributed by atoms with van der Waals surface area (Å²) in [6.07, 6.45) is 2.51. The Kier molecular flexibility index (Phi) is 5.68. The highest BCUT2D eigenvalue weighted by atomic mass is 19.1. The summed E-state index contributed by atoms with van der Waals surface area (Å²) in [6.45, 7) is 3.29. The number of halogens is 1. The summed E-state index contributed by atoms with van der Waals surface area (Å²) in [7, 11) is 1.68. The lowest BCUT2D eigenvalue weighted by Gasteiger charge is -2.13. The fourth-order valence-corrected chi connectivity index (χ4v) is 3.04. The molecule has 136 valence electrons. The zero-order valence-corrected chi connectivity index (χ0v) is 15.0. The van der Waals surface area contributed by atoms with E-state index in [0.29, 0.717) is 13.0 Å².